The van der Waals surface area contributed by atoms with Crippen molar-refractivity contribution in [2.45, 2.75) is 32.5 Å². The van der Waals surface area contributed by atoms with Gasteiger partial charge in [0.05, 0.1) is 43.1 Å². The molecule has 2 aliphatic heterocycles. The van der Waals surface area contributed by atoms with Crippen molar-refractivity contribution in [3.05, 3.63) is 72.3 Å². The average molecular weight is 526 g/mol. The first-order chi connectivity index (χ1) is 19.1. The Kier molecular flexibility index (Phi) is 7.56. The Balaban J connectivity index is 1.26. The highest BCUT2D eigenvalue weighted by atomic mass is 16.5. The number of hydrogen-bond acceptors (Lipinski definition) is 8. The minimum atomic E-state index is 0.118. The predicted octanol–water partition coefficient (Wildman–Crippen LogP) is 4.76. The third-order valence-electron chi connectivity index (χ3n) is 7.19. The summed E-state index contributed by atoms with van der Waals surface area (Å²) in [7, 11) is 0. The summed E-state index contributed by atoms with van der Waals surface area (Å²) in [5.74, 6) is 2.48. The Morgan fingerprint density at radius 1 is 0.821 bits per heavy atom. The summed E-state index contributed by atoms with van der Waals surface area (Å²) in [6.07, 6.45) is 1.11. The molecule has 2 unspecified atom stereocenters. The minimum absolute atomic E-state index is 0.118. The number of fused-ring (bicyclic) bond motifs is 1. The molecule has 0 radical (unpaired) electrons. The molecule has 0 spiro atoms. The molecule has 0 N–H and O–H groups in total. The third kappa shape index (κ3) is 5.97. The summed E-state index contributed by atoms with van der Waals surface area (Å²) >= 11 is 0. The number of anilines is 2. The van der Waals surface area contributed by atoms with E-state index in [0.717, 1.165) is 60.8 Å². The van der Waals surface area contributed by atoms with Crippen molar-refractivity contribution in [1.82, 2.24) is 15.0 Å². The monoisotopic (exact) mass is 525 g/mol. The van der Waals surface area contributed by atoms with Crippen LogP contribution in [0.15, 0.2) is 66.7 Å². The Hall–Kier alpha value is -3.75. The summed E-state index contributed by atoms with van der Waals surface area (Å²) in [5.41, 5.74) is 3.87. The average Bonchev–Trinajstić information content (AvgIpc) is 2.97. The van der Waals surface area contributed by atoms with Crippen molar-refractivity contribution >= 4 is 22.8 Å². The Bertz CT molecular complexity index is 1380. The molecule has 202 valence electrons. The second kappa shape index (κ2) is 11.6. The van der Waals surface area contributed by atoms with E-state index in [1.54, 1.807) is 0 Å². The van der Waals surface area contributed by atoms with Gasteiger partial charge in [0, 0.05) is 38.2 Å². The van der Waals surface area contributed by atoms with Crippen LogP contribution in [0.2, 0.25) is 0 Å². The van der Waals surface area contributed by atoms with Crippen LogP contribution < -0.4 is 14.5 Å². The summed E-state index contributed by atoms with van der Waals surface area (Å²) in [6, 6.07) is 22.7. The maximum absolute atomic E-state index is 5.98. The molecular formula is C31H35N5O3. The zero-order chi connectivity index (χ0) is 26.6. The molecule has 0 saturated carbocycles. The van der Waals surface area contributed by atoms with Crippen LogP contribution in [0, 0.1) is 0 Å². The molecular weight excluding hydrogens is 490 g/mol. The largest absolute Gasteiger partial charge is 0.493 e. The van der Waals surface area contributed by atoms with E-state index in [1.165, 1.54) is 5.56 Å². The zero-order valence-corrected chi connectivity index (χ0v) is 22.6. The molecule has 2 fully saturated rings. The van der Waals surface area contributed by atoms with Crippen LogP contribution in [0.1, 0.15) is 19.4 Å². The van der Waals surface area contributed by atoms with Crippen molar-refractivity contribution in [3.63, 3.8) is 0 Å². The molecule has 2 aromatic carbocycles. The number of aromatic nitrogens is 3. The first-order valence-corrected chi connectivity index (χ1v) is 13.8. The highest BCUT2D eigenvalue weighted by molar-refractivity contribution is 5.90. The van der Waals surface area contributed by atoms with Gasteiger partial charge in [-0.2, -0.15) is 9.97 Å². The lowest BCUT2D eigenvalue weighted by Crippen LogP contribution is -2.46. The first-order valence-electron chi connectivity index (χ1n) is 13.8. The second-order valence-corrected chi connectivity index (χ2v) is 10.3. The number of benzene rings is 2. The summed E-state index contributed by atoms with van der Waals surface area (Å²) in [5, 5.41) is 0.958. The fraction of sp³-hybridized carbons (Fsp3) is 0.387. The summed E-state index contributed by atoms with van der Waals surface area (Å²) in [4.78, 5) is 19.5. The van der Waals surface area contributed by atoms with E-state index in [4.69, 9.17) is 29.2 Å². The first kappa shape index (κ1) is 25.5. The van der Waals surface area contributed by atoms with Crippen LogP contribution >= 0.6 is 0 Å². The van der Waals surface area contributed by atoms with E-state index in [0.29, 0.717) is 31.4 Å². The van der Waals surface area contributed by atoms with Crippen molar-refractivity contribution in [2.24, 2.45) is 0 Å². The van der Waals surface area contributed by atoms with Gasteiger partial charge < -0.3 is 24.0 Å². The van der Waals surface area contributed by atoms with Gasteiger partial charge in [-0.25, -0.2) is 4.98 Å². The van der Waals surface area contributed by atoms with Gasteiger partial charge in [-0.3, -0.25) is 0 Å². The fourth-order valence-electron chi connectivity index (χ4n) is 5.30. The molecule has 0 bridgehead atoms. The van der Waals surface area contributed by atoms with Gasteiger partial charge in [0.1, 0.15) is 11.6 Å². The molecule has 6 rings (SSSR count). The number of rotatable bonds is 7. The number of ether oxygens (including phenoxy) is 3. The quantitative estimate of drug-likeness (QED) is 0.342. The molecule has 4 aromatic rings. The van der Waals surface area contributed by atoms with Crippen molar-refractivity contribution in [1.29, 1.82) is 0 Å². The molecule has 39 heavy (non-hydrogen) atoms. The maximum atomic E-state index is 5.98. The van der Waals surface area contributed by atoms with Crippen molar-refractivity contribution in [2.75, 3.05) is 55.8 Å². The summed E-state index contributed by atoms with van der Waals surface area (Å²) in [6.45, 7) is 9.32. The smallest absolute Gasteiger partial charge is 0.229 e. The zero-order valence-electron chi connectivity index (χ0n) is 22.6. The van der Waals surface area contributed by atoms with E-state index < -0.39 is 0 Å². The molecule has 2 aromatic heterocycles. The number of nitrogens with zero attached hydrogens (tertiary/aromatic N) is 5. The van der Waals surface area contributed by atoms with Crippen LogP contribution in [-0.2, 0) is 15.9 Å². The van der Waals surface area contributed by atoms with Crippen LogP contribution in [-0.4, -0.2) is 73.2 Å². The molecule has 8 nitrogen and oxygen atoms in total. The van der Waals surface area contributed by atoms with Crippen LogP contribution in [0.25, 0.3) is 22.3 Å². The van der Waals surface area contributed by atoms with Gasteiger partial charge in [-0.15, -0.1) is 0 Å². The lowest BCUT2D eigenvalue weighted by molar-refractivity contribution is -0.00570. The van der Waals surface area contributed by atoms with E-state index in [2.05, 4.69) is 72.2 Å². The van der Waals surface area contributed by atoms with E-state index in [1.807, 2.05) is 18.2 Å². The van der Waals surface area contributed by atoms with E-state index in [9.17, 15) is 0 Å². The van der Waals surface area contributed by atoms with E-state index in [-0.39, 0.29) is 12.2 Å². The minimum Gasteiger partial charge on any atom is -0.493 e. The number of pyridine rings is 1. The van der Waals surface area contributed by atoms with Gasteiger partial charge >= 0.3 is 0 Å². The van der Waals surface area contributed by atoms with E-state index >= 15 is 0 Å². The Morgan fingerprint density at radius 3 is 2.31 bits per heavy atom. The lowest BCUT2D eigenvalue weighted by atomic mass is 10.1. The van der Waals surface area contributed by atoms with Crippen LogP contribution in [0.5, 0.6) is 5.75 Å². The Morgan fingerprint density at radius 2 is 1.56 bits per heavy atom. The topological polar surface area (TPSA) is 72.8 Å². The molecule has 0 amide bonds. The van der Waals surface area contributed by atoms with Crippen LogP contribution in [0.4, 0.5) is 11.8 Å². The second-order valence-electron chi connectivity index (χ2n) is 10.3. The number of morpholine rings is 2. The molecule has 2 saturated heterocycles. The number of hydrogen-bond donors (Lipinski definition) is 0. The fourth-order valence-corrected chi connectivity index (χ4v) is 5.30. The maximum Gasteiger partial charge on any atom is 0.229 e. The molecule has 2 aliphatic rings. The van der Waals surface area contributed by atoms with Gasteiger partial charge in [0.2, 0.25) is 5.95 Å². The van der Waals surface area contributed by atoms with Gasteiger partial charge in [0.25, 0.3) is 0 Å². The van der Waals surface area contributed by atoms with Gasteiger partial charge in [-0.05, 0) is 55.8 Å². The molecule has 2 atom stereocenters. The Labute approximate surface area is 229 Å². The molecule has 0 aliphatic carbocycles. The van der Waals surface area contributed by atoms with Crippen molar-refractivity contribution < 1.29 is 14.2 Å². The van der Waals surface area contributed by atoms with Gasteiger partial charge in [0.15, 0.2) is 5.65 Å². The van der Waals surface area contributed by atoms with Crippen molar-refractivity contribution in [3.8, 4) is 17.0 Å². The SMILES string of the molecule is CC1CN(c2nc(N3CCOCC3)c3ccc(-c4ccc(OCCc5ccccc5)cc4)nc3n2)CC(C)O1. The van der Waals surface area contributed by atoms with Crippen LogP contribution in [0.3, 0.4) is 0 Å². The third-order valence-corrected chi connectivity index (χ3v) is 7.19. The molecule has 4 heterocycles. The molecule has 8 heteroatoms. The standard InChI is InChI=1S/C31H35N5O3/c1-22-20-36(21-23(2)39-22)31-33-29-27(30(34-31)35-15-18-37-19-16-35)12-13-28(32-29)25-8-10-26(11-9-25)38-17-14-24-6-4-3-5-7-24/h3-13,22-23H,14-21H2,1-2H3. The normalized spacial score (nSPS) is 19.8. The summed E-state index contributed by atoms with van der Waals surface area (Å²) < 4.78 is 17.5. The predicted molar refractivity (Wildman–Crippen MR) is 154 cm³/mol. The highest BCUT2D eigenvalue weighted by Gasteiger charge is 2.26. The highest BCUT2D eigenvalue weighted by Crippen LogP contribution is 2.30. The van der Waals surface area contributed by atoms with Gasteiger partial charge in [-0.1, -0.05) is 30.3 Å². The lowest BCUT2D eigenvalue weighted by Gasteiger charge is -2.36.